The summed E-state index contributed by atoms with van der Waals surface area (Å²) < 4.78 is 0. The standard InChI is InChI=1S/C40H38O2.C34H34O4.C32H34O2/c1-5-27-22-31(32(6-2)36-20-12-16-29-14-8-10-18-35(29)36)24-38(40(27)42)37-23-30(21-25(3)39(37)41)26(4)33-19-11-15-28-13-7-9-17-34(28)33;1-5-25-16-29(18-32(34(25)38)30(6-2)27-13-9-24(20-36)10-14-27)28-15-21(3)33(37)31(17-28)22(4)26-11-7-23(19-35)8-12-26;1-5-23-18-27(28(6-2)25-15-11-8-12-16-25)20-30(32(23)34)29-19-26(17-21(3)31(29)33)22(4)24-13-9-7-10-14-24/h7-24,26,32,41-42H,5-6H2,1-4H3;7-20,22,30,37-38H,5-6H2,1-4H3;7-20,22,28,33-34H,5-6H2,1-4H3. The van der Waals surface area contributed by atoms with Crippen LogP contribution in [-0.2, 0) is 19.3 Å². The van der Waals surface area contributed by atoms with Gasteiger partial charge in [-0.2, -0.15) is 0 Å². The van der Waals surface area contributed by atoms with E-state index in [4.69, 9.17) is 0 Å². The van der Waals surface area contributed by atoms with Crippen LogP contribution < -0.4 is 0 Å². The lowest BCUT2D eigenvalue weighted by Gasteiger charge is -2.23. The van der Waals surface area contributed by atoms with Crippen LogP contribution >= 0.6 is 0 Å². The molecule has 14 aromatic rings. The molecule has 0 heterocycles. The lowest BCUT2D eigenvalue weighted by atomic mass is 9.82. The van der Waals surface area contributed by atoms with Crippen molar-refractivity contribution in [3.63, 3.8) is 0 Å². The van der Waals surface area contributed by atoms with Gasteiger partial charge in [-0.1, -0.05) is 281 Å². The molecule has 0 spiro atoms. The smallest absolute Gasteiger partial charge is 0.150 e. The Hall–Kier alpha value is -12.3. The summed E-state index contributed by atoms with van der Waals surface area (Å²) in [5.74, 6) is 2.05. The maximum atomic E-state index is 11.6. The van der Waals surface area contributed by atoms with Crippen LogP contribution in [0.1, 0.15) is 238 Å². The van der Waals surface area contributed by atoms with Gasteiger partial charge in [0, 0.05) is 80.0 Å². The van der Waals surface area contributed by atoms with E-state index in [0.717, 1.165) is 127 Å². The van der Waals surface area contributed by atoms with Gasteiger partial charge in [-0.25, -0.2) is 0 Å². The van der Waals surface area contributed by atoms with E-state index in [0.29, 0.717) is 52.0 Å². The van der Waals surface area contributed by atoms with Crippen molar-refractivity contribution in [3.8, 4) is 67.9 Å². The molecule has 0 aliphatic heterocycles. The van der Waals surface area contributed by atoms with E-state index in [1.54, 1.807) is 12.1 Å². The number of phenols is 6. The van der Waals surface area contributed by atoms with Crippen LogP contribution in [0.2, 0.25) is 0 Å². The highest BCUT2D eigenvalue weighted by molar-refractivity contribution is 5.89. The van der Waals surface area contributed by atoms with Gasteiger partial charge in [-0.3, -0.25) is 9.59 Å². The molecule has 0 amide bonds. The Morgan fingerprint density at radius 3 is 1.13 bits per heavy atom. The molecule has 6 N–H and O–H groups in total. The van der Waals surface area contributed by atoms with Crippen molar-refractivity contribution in [2.45, 2.75) is 157 Å². The fraction of sp³-hybridized carbons (Fsp3) is 0.226. The number of phenolic OH excluding ortho intramolecular Hbond substituents is 6. The average Bonchev–Trinajstić information content (AvgIpc) is 0.793. The molecule has 114 heavy (non-hydrogen) atoms. The molecule has 8 heteroatoms. The van der Waals surface area contributed by atoms with E-state index >= 15 is 0 Å². The first-order chi connectivity index (χ1) is 55.1. The fourth-order valence-electron chi connectivity index (χ4n) is 16.8. The van der Waals surface area contributed by atoms with Gasteiger partial charge in [0.05, 0.1) is 0 Å². The van der Waals surface area contributed by atoms with E-state index in [9.17, 15) is 40.2 Å². The molecule has 0 aromatic heterocycles. The highest BCUT2D eigenvalue weighted by Gasteiger charge is 2.27. The van der Waals surface area contributed by atoms with Crippen molar-refractivity contribution in [2.24, 2.45) is 0 Å². The number of fused-ring (bicyclic) bond motifs is 2. The van der Waals surface area contributed by atoms with Gasteiger partial charge in [0.25, 0.3) is 0 Å². The zero-order valence-corrected chi connectivity index (χ0v) is 67.8. The molecule has 578 valence electrons. The molecule has 0 aliphatic rings. The van der Waals surface area contributed by atoms with Crippen molar-refractivity contribution in [2.75, 3.05) is 0 Å². The number of carbonyl (C=O) groups excluding carboxylic acids is 2. The van der Waals surface area contributed by atoms with Crippen LogP contribution in [0, 0.1) is 20.8 Å². The highest BCUT2D eigenvalue weighted by Crippen LogP contribution is 2.49. The Morgan fingerprint density at radius 1 is 0.272 bits per heavy atom. The first-order valence-electron chi connectivity index (χ1n) is 40.4. The van der Waals surface area contributed by atoms with Crippen LogP contribution in [0.5, 0.6) is 34.5 Å². The van der Waals surface area contributed by atoms with Crippen molar-refractivity contribution < 1.29 is 40.2 Å². The second-order valence-corrected chi connectivity index (χ2v) is 30.6. The molecular formula is C106H106O8. The van der Waals surface area contributed by atoms with E-state index in [1.807, 2.05) is 107 Å². The minimum Gasteiger partial charge on any atom is -0.507 e. The second kappa shape index (κ2) is 36.5. The van der Waals surface area contributed by atoms with Gasteiger partial charge in [-0.15, -0.1) is 0 Å². The maximum Gasteiger partial charge on any atom is 0.150 e. The summed E-state index contributed by atoms with van der Waals surface area (Å²) in [4.78, 5) is 22.2. The fourth-order valence-corrected chi connectivity index (χ4v) is 16.8. The van der Waals surface area contributed by atoms with Gasteiger partial charge in [0.1, 0.15) is 47.1 Å². The molecule has 0 fully saturated rings. The number of aldehydes is 2. The van der Waals surface area contributed by atoms with Gasteiger partial charge >= 0.3 is 0 Å². The monoisotopic (exact) mass is 1510 g/mol. The maximum absolute atomic E-state index is 11.6. The Labute approximate surface area is 673 Å². The molecule has 0 saturated carbocycles. The molecule has 0 bridgehead atoms. The molecule has 8 nitrogen and oxygen atoms in total. The van der Waals surface area contributed by atoms with E-state index in [2.05, 4.69) is 230 Å². The number of carbonyl (C=O) groups is 2. The summed E-state index contributed by atoms with van der Waals surface area (Å²) in [5, 5.41) is 72.5. The first kappa shape index (κ1) is 81.2. The number of aromatic hydroxyl groups is 6. The third-order valence-electron chi connectivity index (χ3n) is 23.6. The summed E-state index contributed by atoms with van der Waals surface area (Å²) in [5.41, 5.74) is 24.3. The van der Waals surface area contributed by atoms with Crippen molar-refractivity contribution in [1.82, 2.24) is 0 Å². The van der Waals surface area contributed by atoms with E-state index in [1.165, 1.54) is 43.8 Å². The Morgan fingerprint density at radius 2 is 0.632 bits per heavy atom. The number of hydrogen-bond acceptors (Lipinski definition) is 8. The highest BCUT2D eigenvalue weighted by atomic mass is 16.3. The number of aryl methyl sites for hydroxylation is 6. The van der Waals surface area contributed by atoms with E-state index < -0.39 is 0 Å². The molecular weight excluding hydrogens is 1400 g/mol. The summed E-state index contributed by atoms with van der Waals surface area (Å²) in [6, 6.07) is 90.6. The summed E-state index contributed by atoms with van der Waals surface area (Å²) in [6.07, 6.45) is 6.41. The van der Waals surface area contributed by atoms with Gasteiger partial charge in [0.2, 0.25) is 0 Å². The molecule has 0 saturated heterocycles. The zero-order valence-electron chi connectivity index (χ0n) is 67.8. The summed E-state index contributed by atoms with van der Waals surface area (Å²) >= 11 is 0. The molecule has 6 atom stereocenters. The average molecular weight is 1510 g/mol. The lowest BCUT2D eigenvalue weighted by Crippen LogP contribution is -2.03. The van der Waals surface area contributed by atoms with Crippen molar-refractivity contribution in [3.05, 3.63) is 378 Å². The molecule has 0 aliphatic carbocycles. The SMILES string of the molecule is CCc1cc(-c2cc(C)c(O)c(C(C)c3ccc(C=O)cc3)c2)cc(C(CC)c2ccc(C=O)cc2)c1O.CCc1cc(C(CC)c2cccc3ccccc23)cc(-c2cc(C(C)c3cccc4ccccc34)cc(C)c2O)c1O.CCc1cc(C(CC)c2ccccc2)cc(-c2cc(C(C)c3ccccc3)cc(C)c2O)c1O. The number of hydrogen-bond donors (Lipinski definition) is 6. The lowest BCUT2D eigenvalue weighted by molar-refractivity contribution is 0.111. The van der Waals surface area contributed by atoms with Gasteiger partial charge < -0.3 is 30.6 Å². The van der Waals surface area contributed by atoms with Crippen LogP contribution in [0.3, 0.4) is 0 Å². The van der Waals surface area contributed by atoms with Crippen LogP contribution in [0.25, 0.3) is 54.9 Å². The van der Waals surface area contributed by atoms with Crippen LogP contribution in [0.15, 0.2) is 267 Å². The Bertz CT molecular complexity index is 5730. The van der Waals surface area contributed by atoms with Gasteiger partial charge in [0.15, 0.2) is 0 Å². The Balaban J connectivity index is 0.000000159. The zero-order chi connectivity index (χ0) is 81.0. The Kier molecular flexibility index (Phi) is 26.0. The van der Waals surface area contributed by atoms with Crippen LogP contribution in [0.4, 0.5) is 0 Å². The molecule has 6 unspecified atom stereocenters. The summed E-state index contributed by atoms with van der Waals surface area (Å²) in [7, 11) is 0. The van der Waals surface area contributed by atoms with Crippen LogP contribution in [-0.4, -0.2) is 43.2 Å². The summed E-state index contributed by atoms with van der Waals surface area (Å²) in [6.45, 7) is 24.9. The predicted molar refractivity (Wildman–Crippen MR) is 471 cm³/mol. The first-order valence-corrected chi connectivity index (χ1v) is 40.4. The third kappa shape index (κ3) is 17.2. The minimum atomic E-state index is -0.0868. The molecule has 0 radical (unpaired) electrons. The van der Waals surface area contributed by atoms with Gasteiger partial charge in [-0.05, 0) is 230 Å². The largest absolute Gasteiger partial charge is 0.507 e. The van der Waals surface area contributed by atoms with Crippen molar-refractivity contribution >= 4 is 34.1 Å². The number of rotatable bonds is 23. The second-order valence-electron chi connectivity index (χ2n) is 30.6. The quantitative estimate of drug-likeness (QED) is 0.0346. The predicted octanol–water partition coefficient (Wildman–Crippen LogP) is 26.9. The van der Waals surface area contributed by atoms with Crippen molar-refractivity contribution in [1.29, 1.82) is 0 Å². The number of benzene rings is 14. The molecule has 14 aromatic carbocycles. The normalized spacial score (nSPS) is 12.8. The minimum absolute atomic E-state index is 0.0334. The van der Waals surface area contributed by atoms with E-state index in [-0.39, 0.29) is 64.3 Å². The molecule has 14 rings (SSSR count). The third-order valence-corrected chi connectivity index (χ3v) is 23.6. The topological polar surface area (TPSA) is 156 Å².